The molecule has 2 rings (SSSR count). The second kappa shape index (κ2) is 6.84. The third-order valence-corrected chi connectivity index (χ3v) is 3.59. The zero-order valence-corrected chi connectivity index (χ0v) is 12.8. The summed E-state index contributed by atoms with van der Waals surface area (Å²) in [6.45, 7) is 6.80. The fourth-order valence-electron chi connectivity index (χ4n) is 2.56. The molecule has 1 heterocycles. The molecule has 0 saturated carbocycles. The van der Waals surface area contributed by atoms with E-state index in [1.807, 2.05) is 32.0 Å². The Morgan fingerprint density at radius 3 is 2.90 bits per heavy atom. The second-order valence-corrected chi connectivity index (χ2v) is 5.85. The van der Waals surface area contributed by atoms with Crippen molar-refractivity contribution in [2.24, 2.45) is 5.92 Å². The van der Waals surface area contributed by atoms with E-state index >= 15 is 0 Å². The van der Waals surface area contributed by atoms with Crippen LogP contribution >= 0.6 is 0 Å². The summed E-state index contributed by atoms with van der Waals surface area (Å²) in [7, 11) is 2.11. The maximum atomic E-state index is 5.96. The van der Waals surface area contributed by atoms with Gasteiger partial charge in [0.2, 0.25) is 0 Å². The van der Waals surface area contributed by atoms with E-state index in [1.165, 1.54) is 12.8 Å². The van der Waals surface area contributed by atoms with Crippen LogP contribution in [0.4, 0.5) is 11.4 Å². The molecule has 0 aliphatic carbocycles. The SMILES string of the molecule is CC(C)Oc1cc(N(C)CC2CCCOC2)ccc1N. The van der Waals surface area contributed by atoms with Crippen LogP contribution in [-0.2, 0) is 4.74 Å². The summed E-state index contributed by atoms with van der Waals surface area (Å²) in [6.07, 6.45) is 2.54. The molecule has 2 N–H and O–H groups in total. The predicted molar refractivity (Wildman–Crippen MR) is 83.4 cm³/mol. The van der Waals surface area contributed by atoms with Crippen LogP contribution in [0.3, 0.4) is 0 Å². The van der Waals surface area contributed by atoms with E-state index in [9.17, 15) is 0 Å². The molecule has 1 atom stereocenters. The largest absolute Gasteiger partial charge is 0.489 e. The summed E-state index contributed by atoms with van der Waals surface area (Å²) in [6, 6.07) is 5.99. The van der Waals surface area contributed by atoms with Gasteiger partial charge < -0.3 is 20.1 Å². The lowest BCUT2D eigenvalue weighted by atomic mass is 10.0. The van der Waals surface area contributed by atoms with Crippen molar-refractivity contribution in [2.75, 3.05) is 37.4 Å². The van der Waals surface area contributed by atoms with Crippen molar-refractivity contribution in [3.63, 3.8) is 0 Å². The van der Waals surface area contributed by atoms with Gasteiger partial charge in [0.25, 0.3) is 0 Å². The van der Waals surface area contributed by atoms with Gasteiger partial charge >= 0.3 is 0 Å². The van der Waals surface area contributed by atoms with Crippen LogP contribution in [0.1, 0.15) is 26.7 Å². The quantitative estimate of drug-likeness (QED) is 0.841. The Morgan fingerprint density at radius 2 is 2.25 bits per heavy atom. The molecule has 1 aliphatic rings. The van der Waals surface area contributed by atoms with Gasteiger partial charge in [-0.15, -0.1) is 0 Å². The summed E-state index contributed by atoms with van der Waals surface area (Å²) >= 11 is 0. The van der Waals surface area contributed by atoms with E-state index in [-0.39, 0.29) is 6.10 Å². The normalized spacial score (nSPS) is 19.1. The van der Waals surface area contributed by atoms with Gasteiger partial charge in [0, 0.05) is 32.0 Å². The van der Waals surface area contributed by atoms with Gasteiger partial charge in [-0.05, 0) is 44.7 Å². The number of hydrogen-bond donors (Lipinski definition) is 1. The molecule has 112 valence electrons. The van der Waals surface area contributed by atoms with E-state index in [0.717, 1.165) is 31.2 Å². The minimum atomic E-state index is 0.129. The number of nitrogens with two attached hydrogens (primary N) is 1. The molecule has 1 aromatic carbocycles. The standard InChI is InChI=1S/C16H26N2O2/c1-12(2)20-16-9-14(6-7-15(16)17)18(3)10-13-5-4-8-19-11-13/h6-7,9,12-13H,4-5,8,10-11,17H2,1-3H3. The minimum Gasteiger partial charge on any atom is -0.489 e. The second-order valence-electron chi connectivity index (χ2n) is 5.85. The Hall–Kier alpha value is -1.42. The highest BCUT2D eigenvalue weighted by Gasteiger charge is 2.17. The highest BCUT2D eigenvalue weighted by molar-refractivity contribution is 5.62. The van der Waals surface area contributed by atoms with Crippen molar-refractivity contribution in [1.82, 2.24) is 0 Å². The summed E-state index contributed by atoms with van der Waals surface area (Å²) in [5.41, 5.74) is 7.79. The molecular weight excluding hydrogens is 252 g/mol. The molecule has 0 aromatic heterocycles. The van der Waals surface area contributed by atoms with E-state index in [4.69, 9.17) is 15.2 Å². The Kier molecular flexibility index (Phi) is 5.12. The first-order valence-electron chi connectivity index (χ1n) is 7.41. The van der Waals surface area contributed by atoms with Crippen LogP contribution in [0.25, 0.3) is 0 Å². The van der Waals surface area contributed by atoms with Crippen LogP contribution < -0.4 is 15.4 Å². The van der Waals surface area contributed by atoms with Gasteiger partial charge in [-0.1, -0.05) is 0 Å². The molecule has 0 radical (unpaired) electrons. The zero-order chi connectivity index (χ0) is 14.5. The maximum absolute atomic E-state index is 5.96. The number of nitrogen functional groups attached to an aromatic ring is 1. The van der Waals surface area contributed by atoms with Crippen molar-refractivity contribution in [1.29, 1.82) is 0 Å². The highest BCUT2D eigenvalue weighted by Crippen LogP contribution is 2.29. The van der Waals surface area contributed by atoms with Crippen molar-refractivity contribution in [3.8, 4) is 5.75 Å². The highest BCUT2D eigenvalue weighted by atomic mass is 16.5. The van der Waals surface area contributed by atoms with Crippen LogP contribution in [0.15, 0.2) is 18.2 Å². The minimum absolute atomic E-state index is 0.129. The fraction of sp³-hybridized carbons (Fsp3) is 0.625. The van der Waals surface area contributed by atoms with Gasteiger partial charge in [0.15, 0.2) is 0 Å². The molecule has 4 heteroatoms. The van der Waals surface area contributed by atoms with Gasteiger partial charge in [0.05, 0.1) is 18.4 Å². The average Bonchev–Trinajstić information content (AvgIpc) is 2.42. The Balaban J connectivity index is 2.03. The Bertz CT molecular complexity index is 428. The Morgan fingerprint density at radius 1 is 1.45 bits per heavy atom. The van der Waals surface area contributed by atoms with Crippen LogP contribution in [0.5, 0.6) is 5.75 Å². The molecule has 1 aromatic rings. The molecule has 1 fully saturated rings. The molecular formula is C16H26N2O2. The molecule has 0 bridgehead atoms. The monoisotopic (exact) mass is 278 g/mol. The molecule has 4 nitrogen and oxygen atoms in total. The van der Waals surface area contributed by atoms with Crippen molar-refractivity contribution < 1.29 is 9.47 Å². The average molecular weight is 278 g/mol. The van der Waals surface area contributed by atoms with Gasteiger partial charge in [0.1, 0.15) is 5.75 Å². The number of ether oxygens (including phenoxy) is 2. The van der Waals surface area contributed by atoms with Gasteiger partial charge in [-0.3, -0.25) is 0 Å². The number of hydrogen-bond acceptors (Lipinski definition) is 4. The molecule has 1 saturated heterocycles. The lowest BCUT2D eigenvalue weighted by Gasteiger charge is -2.28. The first-order valence-corrected chi connectivity index (χ1v) is 7.41. The van der Waals surface area contributed by atoms with Crippen LogP contribution in [0.2, 0.25) is 0 Å². The lowest BCUT2D eigenvalue weighted by molar-refractivity contribution is 0.0576. The van der Waals surface area contributed by atoms with Crippen LogP contribution in [-0.4, -0.2) is 32.9 Å². The number of anilines is 2. The van der Waals surface area contributed by atoms with E-state index in [1.54, 1.807) is 0 Å². The summed E-state index contributed by atoms with van der Waals surface area (Å²) < 4.78 is 11.3. The van der Waals surface area contributed by atoms with Crippen molar-refractivity contribution in [3.05, 3.63) is 18.2 Å². The third-order valence-electron chi connectivity index (χ3n) is 3.59. The maximum Gasteiger partial charge on any atom is 0.144 e. The first kappa shape index (κ1) is 15.0. The summed E-state index contributed by atoms with van der Waals surface area (Å²) in [5.74, 6) is 1.38. The third kappa shape index (κ3) is 4.04. The van der Waals surface area contributed by atoms with Crippen molar-refractivity contribution >= 4 is 11.4 Å². The van der Waals surface area contributed by atoms with Crippen LogP contribution in [0, 0.1) is 5.92 Å². The van der Waals surface area contributed by atoms with Crippen molar-refractivity contribution in [2.45, 2.75) is 32.8 Å². The smallest absolute Gasteiger partial charge is 0.144 e. The molecule has 0 spiro atoms. The topological polar surface area (TPSA) is 47.7 Å². The van der Waals surface area contributed by atoms with Gasteiger partial charge in [-0.25, -0.2) is 0 Å². The van der Waals surface area contributed by atoms with E-state index in [2.05, 4.69) is 11.9 Å². The summed E-state index contributed by atoms with van der Waals surface area (Å²) in [5, 5.41) is 0. The van der Waals surface area contributed by atoms with Gasteiger partial charge in [-0.2, -0.15) is 0 Å². The van der Waals surface area contributed by atoms with E-state index < -0.39 is 0 Å². The zero-order valence-electron chi connectivity index (χ0n) is 12.8. The molecule has 20 heavy (non-hydrogen) atoms. The fourth-order valence-corrected chi connectivity index (χ4v) is 2.56. The summed E-state index contributed by atoms with van der Waals surface area (Å²) in [4.78, 5) is 2.26. The lowest BCUT2D eigenvalue weighted by Crippen LogP contribution is -2.30. The molecule has 0 amide bonds. The molecule has 1 aliphatic heterocycles. The first-order chi connectivity index (χ1) is 9.56. The molecule has 1 unspecified atom stereocenters. The predicted octanol–water partition coefficient (Wildman–Crippen LogP) is 2.92. The Labute approximate surface area is 121 Å². The number of rotatable bonds is 5. The van der Waals surface area contributed by atoms with E-state index in [0.29, 0.717) is 11.6 Å². The number of benzene rings is 1. The number of nitrogens with zero attached hydrogens (tertiary/aromatic N) is 1.